The summed E-state index contributed by atoms with van der Waals surface area (Å²) in [5.74, 6) is 2.97. The zero-order valence-corrected chi connectivity index (χ0v) is 16.8. The maximum Gasteiger partial charge on any atom is 0.191 e. The Labute approximate surface area is 159 Å². The van der Waals surface area contributed by atoms with Gasteiger partial charge in [-0.25, -0.2) is 0 Å². The smallest absolute Gasteiger partial charge is 0.191 e. The number of benzene rings is 1. The molecule has 0 fully saturated rings. The molecule has 0 unspecified atom stereocenters. The first kappa shape index (κ1) is 19.9. The van der Waals surface area contributed by atoms with Gasteiger partial charge in [-0.05, 0) is 25.5 Å². The van der Waals surface area contributed by atoms with Gasteiger partial charge in [-0.2, -0.15) is 0 Å². The topological polar surface area (TPSA) is 64.1 Å². The molecule has 7 heteroatoms. The molecule has 2 aromatic rings. The first-order valence-electron chi connectivity index (χ1n) is 8.40. The van der Waals surface area contributed by atoms with Crippen molar-refractivity contribution >= 4 is 17.3 Å². The van der Waals surface area contributed by atoms with Crippen LogP contribution in [0.3, 0.4) is 0 Å². The van der Waals surface area contributed by atoms with Gasteiger partial charge in [0.1, 0.15) is 17.2 Å². The molecule has 0 aliphatic heterocycles. The summed E-state index contributed by atoms with van der Waals surface area (Å²) in [5.41, 5.74) is 0.993. The standard InChI is InChI=1S/C19H27N3O3S/c1-13-6-7-15(26-13)12-22-19(20-2)21-9-8-16-17(24-4)10-14(23-3)11-18(16)25-5/h6-7,10-11H,8-9,12H2,1-5H3,(H2,20,21,22). The van der Waals surface area contributed by atoms with Gasteiger partial charge in [-0.1, -0.05) is 0 Å². The molecule has 6 nitrogen and oxygen atoms in total. The van der Waals surface area contributed by atoms with E-state index in [0.717, 1.165) is 36.0 Å². The van der Waals surface area contributed by atoms with E-state index in [0.29, 0.717) is 12.3 Å². The van der Waals surface area contributed by atoms with Crippen LogP contribution in [0, 0.1) is 6.92 Å². The molecule has 0 saturated heterocycles. The van der Waals surface area contributed by atoms with Gasteiger partial charge in [-0.15, -0.1) is 11.3 Å². The van der Waals surface area contributed by atoms with Gasteiger partial charge in [0.05, 0.1) is 27.9 Å². The second-order valence-electron chi connectivity index (χ2n) is 5.63. The number of hydrogen-bond acceptors (Lipinski definition) is 5. The minimum absolute atomic E-state index is 0.697. The molecule has 1 aromatic heterocycles. The Morgan fingerprint density at radius 2 is 1.73 bits per heavy atom. The van der Waals surface area contributed by atoms with Crippen LogP contribution in [0.5, 0.6) is 17.2 Å². The number of methoxy groups -OCH3 is 3. The number of aryl methyl sites for hydroxylation is 1. The minimum Gasteiger partial charge on any atom is -0.496 e. The Bertz CT molecular complexity index is 718. The predicted octanol–water partition coefficient (Wildman–Crippen LogP) is 2.99. The Kier molecular flexibility index (Phi) is 7.59. The number of thiophene rings is 1. The number of ether oxygens (including phenoxy) is 3. The Morgan fingerprint density at radius 3 is 2.23 bits per heavy atom. The van der Waals surface area contributed by atoms with Crippen LogP contribution in [-0.4, -0.2) is 40.9 Å². The summed E-state index contributed by atoms with van der Waals surface area (Å²) in [7, 11) is 6.69. The van der Waals surface area contributed by atoms with Crippen molar-refractivity contribution < 1.29 is 14.2 Å². The summed E-state index contributed by atoms with van der Waals surface area (Å²) < 4.78 is 16.3. The molecule has 2 rings (SSSR count). The molecule has 26 heavy (non-hydrogen) atoms. The third-order valence-corrected chi connectivity index (χ3v) is 4.93. The summed E-state index contributed by atoms with van der Waals surface area (Å²) in [5, 5.41) is 6.65. The number of nitrogens with one attached hydrogen (secondary N) is 2. The predicted molar refractivity (Wildman–Crippen MR) is 107 cm³/mol. The van der Waals surface area contributed by atoms with Crippen molar-refractivity contribution in [1.82, 2.24) is 10.6 Å². The highest BCUT2D eigenvalue weighted by atomic mass is 32.1. The number of hydrogen-bond donors (Lipinski definition) is 2. The lowest BCUT2D eigenvalue weighted by atomic mass is 10.1. The summed E-state index contributed by atoms with van der Waals surface area (Å²) in [6, 6.07) is 7.99. The molecular weight excluding hydrogens is 350 g/mol. The van der Waals surface area contributed by atoms with E-state index in [1.807, 2.05) is 12.1 Å². The number of aliphatic imine (C=N–C) groups is 1. The van der Waals surface area contributed by atoms with E-state index < -0.39 is 0 Å². The van der Waals surface area contributed by atoms with Gasteiger partial charge < -0.3 is 24.8 Å². The van der Waals surface area contributed by atoms with Crippen LogP contribution in [0.4, 0.5) is 0 Å². The molecule has 0 aliphatic rings. The quantitative estimate of drug-likeness (QED) is 0.547. The first-order chi connectivity index (χ1) is 12.6. The van der Waals surface area contributed by atoms with E-state index in [4.69, 9.17) is 14.2 Å². The van der Waals surface area contributed by atoms with Crippen LogP contribution in [0.2, 0.25) is 0 Å². The summed E-state index contributed by atoms with van der Waals surface area (Å²) in [4.78, 5) is 6.86. The van der Waals surface area contributed by atoms with Crippen molar-refractivity contribution in [3.63, 3.8) is 0 Å². The average Bonchev–Trinajstić information content (AvgIpc) is 3.09. The lowest BCUT2D eigenvalue weighted by molar-refractivity contribution is 0.368. The van der Waals surface area contributed by atoms with E-state index in [2.05, 4.69) is 34.7 Å². The molecule has 0 amide bonds. The Hall–Kier alpha value is -2.41. The van der Waals surface area contributed by atoms with Crippen LogP contribution >= 0.6 is 11.3 Å². The molecule has 0 aliphatic carbocycles. The molecule has 0 spiro atoms. The average molecular weight is 378 g/mol. The Morgan fingerprint density at radius 1 is 1.04 bits per heavy atom. The van der Waals surface area contributed by atoms with Crippen LogP contribution in [-0.2, 0) is 13.0 Å². The maximum atomic E-state index is 5.49. The van der Waals surface area contributed by atoms with E-state index in [1.165, 1.54) is 9.75 Å². The lowest BCUT2D eigenvalue weighted by Crippen LogP contribution is -2.37. The maximum absolute atomic E-state index is 5.49. The van der Waals surface area contributed by atoms with Gasteiger partial charge in [-0.3, -0.25) is 4.99 Å². The fourth-order valence-electron chi connectivity index (χ4n) is 2.60. The molecule has 0 atom stereocenters. The summed E-state index contributed by atoms with van der Waals surface area (Å²) in [6.07, 6.45) is 0.731. The lowest BCUT2D eigenvalue weighted by Gasteiger charge is -2.16. The van der Waals surface area contributed by atoms with Crippen molar-refractivity contribution in [2.75, 3.05) is 34.9 Å². The van der Waals surface area contributed by atoms with Gasteiger partial charge >= 0.3 is 0 Å². The molecule has 0 saturated carbocycles. The fourth-order valence-corrected chi connectivity index (χ4v) is 3.43. The second-order valence-corrected chi connectivity index (χ2v) is 7.00. The number of guanidine groups is 1. The third kappa shape index (κ3) is 5.29. The van der Waals surface area contributed by atoms with Crippen LogP contribution in [0.1, 0.15) is 15.3 Å². The number of nitrogens with zero attached hydrogens (tertiary/aromatic N) is 1. The molecule has 2 N–H and O–H groups in total. The highest BCUT2D eigenvalue weighted by Gasteiger charge is 2.13. The second kappa shape index (κ2) is 9.91. The largest absolute Gasteiger partial charge is 0.496 e. The van der Waals surface area contributed by atoms with Gasteiger partial charge in [0, 0.05) is 41.0 Å². The molecular formula is C19H27N3O3S. The first-order valence-corrected chi connectivity index (χ1v) is 9.21. The summed E-state index contributed by atoms with van der Waals surface area (Å²) in [6.45, 7) is 3.56. The van der Waals surface area contributed by atoms with Crippen molar-refractivity contribution in [2.24, 2.45) is 4.99 Å². The fraction of sp³-hybridized carbons (Fsp3) is 0.421. The van der Waals surface area contributed by atoms with Crippen molar-refractivity contribution in [3.05, 3.63) is 39.6 Å². The minimum atomic E-state index is 0.697. The van der Waals surface area contributed by atoms with Crippen LogP contribution in [0.25, 0.3) is 0 Å². The Balaban J connectivity index is 1.95. The highest BCUT2D eigenvalue weighted by molar-refractivity contribution is 7.11. The normalized spacial score (nSPS) is 11.2. The van der Waals surface area contributed by atoms with Crippen molar-refractivity contribution in [3.8, 4) is 17.2 Å². The third-order valence-electron chi connectivity index (χ3n) is 3.93. The molecule has 0 bridgehead atoms. The molecule has 142 valence electrons. The van der Waals surface area contributed by atoms with Crippen LogP contribution in [0.15, 0.2) is 29.3 Å². The van der Waals surface area contributed by atoms with Gasteiger partial charge in [0.25, 0.3) is 0 Å². The molecule has 0 radical (unpaired) electrons. The zero-order chi connectivity index (χ0) is 18.9. The molecule has 1 aromatic carbocycles. The zero-order valence-electron chi connectivity index (χ0n) is 16.0. The molecule has 1 heterocycles. The van der Waals surface area contributed by atoms with Crippen molar-refractivity contribution in [2.45, 2.75) is 19.9 Å². The van der Waals surface area contributed by atoms with Crippen molar-refractivity contribution in [1.29, 1.82) is 0 Å². The monoisotopic (exact) mass is 377 g/mol. The van der Waals surface area contributed by atoms with E-state index in [1.54, 1.807) is 39.7 Å². The highest BCUT2D eigenvalue weighted by Crippen LogP contribution is 2.34. The van der Waals surface area contributed by atoms with Gasteiger partial charge in [0.15, 0.2) is 5.96 Å². The van der Waals surface area contributed by atoms with E-state index in [-0.39, 0.29) is 0 Å². The van der Waals surface area contributed by atoms with Gasteiger partial charge in [0.2, 0.25) is 0 Å². The van der Waals surface area contributed by atoms with Crippen LogP contribution < -0.4 is 24.8 Å². The summed E-state index contributed by atoms with van der Waals surface area (Å²) >= 11 is 1.78. The number of rotatable bonds is 8. The SMILES string of the molecule is CN=C(NCCc1c(OC)cc(OC)cc1OC)NCc1ccc(C)s1. The van der Waals surface area contributed by atoms with E-state index >= 15 is 0 Å². The van der Waals surface area contributed by atoms with E-state index in [9.17, 15) is 0 Å².